The highest BCUT2D eigenvalue weighted by molar-refractivity contribution is 5.72. The summed E-state index contributed by atoms with van der Waals surface area (Å²) in [6, 6.07) is 0. The summed E-state index contributed by atoms with van der Waals surface area (Å²) in [6.07, 6.45) is 6.31. The number of carbonyl (C=O) groups is 1. The van der Waals surface area contributed by atoms with Crippen LogP contribution >= 0.6 is 0 Å². The van der Waals surface area contributed by atoms with Crippen LogP contribution in [-0.2, 0) is 9.53 Å². The minimum absolute atomic E-state index is 0.0399. The molecular formula is C10H18O2. The Balaban J connectivity index is 2.39. The zero-order valence-corrected chi connectivity index (χ0v) is 8.01. The van der Waals surface area contributed by atoms with Crippen molar-refractivity contribution in [3.63, 3.8) is 0 Å². The van der Waals surface area contributed by atoms with Crippen LogP contribution in [0.3, 0.4) is 0 Å². The van der Waals surface area contributed by atoms with Crippen LogP contribution < -0.4 is 0 Å². The predicted octanol–water partition coefficient (Wildman–Crippen LogP) is 2.38. The Bertz CT molecular complexity index is 148. The third-order valence-corrected chi connectivity index (χ3v) is 2.93. The lowest BCUT2D eigenvalue weighted by Crippen LogP contribution is -2.24. The molecule has 1 rings (SSSR count). The first-order valence-corrected chi connectivity index (χ1v) is 4.83. The van der Waals surface area contributed by atoms with E-state index >= 15 is 0 Å². The number of hydrogen-bond donors (Lipinski definition) is 0. The smallest absolute Gasteiger partial charge is 0.308 e. The molecule has 0 amide bonds. The van der Waals surface area contributed by atoms with Gasteiger partial charge in [-0.15, -0.1) is 0 Å². The summed E-state index contributed by atoms with van der Waals surface area (Å²) in [5, 5.41) is 0. The normalized spacial score (nSPS) is 21.8. The van der Waals surface area contributed by atoms with Crippen LogP contribution in [0, 0.1) is 11.8 Å². The molecular weight excluding hydrogens is 152 g/mol. The molecule has 70 valence electrons. The van der Waals surface area contributed by atoms with Crippen LogP contribution in [0.4, 0.5) is 0 Å². The summed E-state index contributed by atoms with van der Waals surface area (Å²) in [7, 11) is 1.47. The Kier molecular flexibility index (Phi) is 3.57. The molecule has 0 saturated heterocycles. The monoisotopic (exact) mass is 170 g/mol. The fraction of sp³-hybridized carbons (Fsp3) is 0.900. The van der Waals surface area contributed by atoms with Crippen molar-refractivity contribution in [1.29, 1.82) is 0 Å². The minimum atomic E-state index is -0.0399. The van der Waals surface area contributed by atoms with E-state index in [1.807, 2.05) is 6.92 Å². The van der Waals surface area contributed by atoms with Crippen LogP contribution in [-0.4, -0.2) is 13.1 Å². The number of carbonyl (C=O) groups excluding carboxylic acids is 1. The molecule has 0 aromatic heterocycles. The number of rotatable bonds is 2. The van der Waals surface area contributed by atoms with Crippen LogP contribution in [0.5, 0.6) is 0 Å². The fourth-order valence-electron chi connectivity index (χ4n) is 2.01. The molecule has 1 aliphatic rings. The zero-order valence-electron chi connectivity index (χ0n) is 8.01. The van der Waals surface area contributed by atoms with E-state index in [0.717, 1.165) is 0 Å². The molecule has 2 nitrogen and oxygen atoms in total. The second-order valence-corrected chi connectivity index (χ2v) is 3.71. The van der Waals surface area contributed by atoms with Gasteiger partial charge in [0.25, 0.3) is 0 Å². The van der Waals surface area contributed by atoms with Gasteiger partial charge in [0.2, 0.25) is 0 Å². The predicted molar refractivity (Wildman–Crippen MR) is 47.8 cm³/mol. The summed E-state index contributed by atoms with van der Waals surface area (Å²) in [6.45, 7) is 1.99. The quantitative estimate of drug-likeness (QED) is 0.595. The van der Waals surface area contributed by atoms with Crippen molar-refractivity contribution in [2.24, 2.45) is 11.8 Å². The SMILES string of the molecule is COC(=O)C(C)C1CCCCC1. The highest BCUT2D eigenvalue weighted by Crippen LogP contribution is 2.30. The van der Waals surface area contributed by atoms with Gasteiger partial charge in [-0.1, -0.05) is 26.2 Å². The number of esters is 1. The van der Waals surface area contributed by atoms with Gasteiger partial charge < -0.3 is 4.74 Å². The number of hydrogen-bond acceptors (Lipinski definition) is 2. The standard InChI is InChI=1S/C10H18O2/c1-8(10(11)12-2)9-6-4-3-5-7-9/h8-9H,3-7H2,1-2H3. The summed E-state index contributed by atoms with van der Waals surface area (Å²) in [5.41, 5.74) is 0. The molecule has 12 heavy (non-hydrogen) atoms. The van der Waals surface area contributed by atoms with E-state index in [1.165, 1.54) is 39.2 Å². The van der Waals surface area contributed by atoms with Crippen LogP contribution in [0.25, 0.3) is 0 Å². The van der Waals surface area contributed by atoms with Gasteiger partial charge in [0.1, 0.15) is 0 Å². The van der Waals surface area contributed by atoms with Gasteiger partial charge >= 0.3 is 5.97 Å². The second-order valence-electron chi connectivity index (χ2n) is 3.71. The van der Waals surface area contributed by atoms with Crippen molar-refractivity contribution in [3.8, 4) is 0 Å². The fourth-order valence-corrected chi connectivity index (χ4v) is 2.01. The van der Waals surface area contributed by atoms with E-state index in [4.69, 9.17) is 4.74 Å². The highest BCUT2D eigenvalue weighted by atomic mass is 16.5. The maximum Gasteiger partial charge on any atom is 0.308 e. The second kappa shape index (κ2) is 4.48. The molecule has 1 saturated carbocycles. The molecule has 1 unspecified atom stereocenters. The average molecular weight is 170 g/mol. The molecule has 0 N–H and O–H groups in total. The van der Waals surface area contributed by atoms with E-state index in [2.05, 4.69) is 0 Å². The molecule has 0 bridgehead atoms. The van der Waals surface area contributed by atoms with Gasteiger partial charge in [-0.3, -0.25) is 4.79 Å². The van der Waals surface area contributed by atoms with Crippen molar-refractivity contribution in [2.75, 3.05) is 7.11 Å². The van der Waals surface area contributed by atoms with Crippen LogP contribution in [0.15, 0.2) is 0 Å². The Morgan fingerprint density at radius 2 is 1.92 bits per heavy atom. The Labute approximate surface area is 74.3 Å². The molecule has 0 aliphatic heterocycles. The summed E-state index contributed by atoms with van der Waals surface area (Å²) in [4.78, 5) is 11.2. The first-order valence-electron chi connectivity index (χ1n) is 4.83. The van der Waals surface area contributed by atoms with E-state index in [-0.39, 0.29) is 11.9 Å². The van der Waals surface area contributed by atoms with Gasteiger partial charge in [-0.25, -0.2) is 0 Å². The average Bonchev–Trinajstić information content (AvgIpc) is 2.17. The lowest BCUT2D eigenvalue weighted by atomic mass is 9.81. The Morgan fingerprint density at radius 3 is 2.42 bits per heavy atom. The topological polar surface area (TPSA) is 26.3 Å². The van der Waals surface area contributed by atoms with Crippen LogP contribution in [0.2, 0.25) is 0 Å². The maximum absolute atomic E-state index is 11.2. The molecule has 0 spiro atoms. The third-order valence-electron chi connectivity index (χ3n) is 2.93. The minimum Gasteiger partial charge on any atom is -0.469 e. The van der Waals surface area contributed by atoms with Gasteiger partial charge in [0, 0.05) is 0 Å². The van der Waals surface area contributed by atoms with Crippen molar-refractivity contribution >= 4 is 5.97 Å². The van der Waals surface area contributed by atoms with Crippen LogP contribution in [0.1, 0.15) is 39.0 Å². The maximum atomic E-state index is 11.2. The van der Waals surface area contributed by atoms with Gasteiger partial charge in [0.05, 0.1) is 13.0 Å². The molecule has 1 atom stereocenters. The summed E-state index contributed by atoms with van der Waals surface area (Å²) < 4.78 is 4.73. The molecule has 1 aliphatic carbocycles. The van der Waals surface area contributed by atoms with Crippen molar-refractivity contribution in [2.45, 2.75) is 39.0 Å². The number of ether oxygens (including phenoxy) is 1. The molecule has 1 fully saturated rings. The first kappa shape index (κ1) is 9.56. The molecule has 0 aromatic rings. The molecule has 2 heteroatoms. The van der Waals surface area contributed by atoms with E-state index in [1.54, 1.807) is 0 Å². The van der Waals surface area contributed by atoms with Gasteiger partial charge in [0.15, 0.2) is 0 Å². The summed E-state index contributed by atoms with van der Waals surface area (Å²) in [5.74, 6) is 0.642. The van der Waals surface area contributed by atoms with Crippen molar-refractivity contribution in [3.05, 3.63) is 0 Å². The molecule has 0 aromatic carbocycles. The molecule has 0 radical (unpaired) electrons. The van der Waals surface area contributed by atoms with E-state index < -0.39 is 0 Å². The van der Waals surface area contributed by atoms with E-state index in [9.17, 15) is 4.79 Å². The lowest BCUT2D eigenvalue weighted by molar-refractivity contribution is -0.147. The van der Waals surface area contributed by atoms with Crippen molar-refractivity contribution < 1.29 is 9.53 Å². The van der Waals surface area contributed by atoms with Gasteiger partial charge in [-0.2, -0.15) is 0 Å². The summed E-state index contributed by atoms with van der Waals surface area (Å²) >= 11 is 0. The van der Waals surface area contributed by atoms with Gasteiger partial charge in [-0.05, 0) is 18.8 Å². The largest absolute Gasteiger partial charge is 0.469 e. The van der Waals surface area contributed by atoms with E-state index in [0.29, 0.717) is 5.92 Å². The van der Waals surface area contributed by atoms with Crippen molar-refractivity contribution in [1.82, 2.24) is 0 Å². The third kappa shape index (κ3) is 2.23. The Hall–Kier alpha value is -0.530. The first-order chi connectivity index (χ1) is 5.75. The highest BCUT2D eigenvalue weighted by Gasteiger charge is 2.25. The lowest BCUT2D eigenvalue weighted by Gasteiger charge is -2.25. The number of methoxy groups -OCH3 is 1. The Morgan fingerprint density at radius 1 is 1.33 bits per heavy atom. The molecule has 0 heterocycles. The zero-order chi connectivity index (χ0) is 8.97.